The monoisotopic (exact) mass is 264 g/mol. The first-order valence-corrected chi connectivity index (χ1v) is 7.27. The van der Waals surface area contributed by atoms with Crippen molar-refractivity contribution in [3.05, 3.63) is 65.7 Å². The second-order valence-electron chi connectivity index (χ2n) is 5.41. The van der Waals surface area contributed by atoms with E-state index < -0.39 is 0 Å². The Bertz CT molecular complexity index is 552. The van der Waals surface area contributed by atoms with E-state index in [1.54, 1.807) is 0 Å². The van der Waals surface area contributed by atoms with Crippen LogP contribution in [0.5, 0.6) is 0 Å². The van der Waals surface area contributed by atoms with Crippen LogP contribution in [0.25, 0.3) is 0 Å². The van der Waals surface area contributed by atoms with Gasteiger partial charge in [-0.15, -0.1) is 0 Å². The summed E-state index contributed by atoms with van der Waals surface area (Å²) in [4.78, 5) is 2.45. The second-order valence-corrected chi connectivity index (χ2v) is 5.41. The maximum Gasteiger partial charge on any atom is 0.0366 e. The molecule has 2 heteroatoms. The molecule has 3 rings (SSSR count). The van der Waals surface area contributed by atoms with Crippen LogP contribution in [-0.2, 0) is 0 Å². The van der Waals surface area contributed by atoms with E-state index in [0.29, 0.717) is 5.92 Å². The van der Waals surface area contributed by atoms with Gasteiger partial charge in [0.15, 0.2) is 0 Å². The minimum absolute atomic E-state index is 0.702. The summed E-state index contributed by atoms with van der Waals surface area (Å²) in [5.41, 5.74) is 3.72. The van der Waals surface area contributed by atoms with Gasteiger partial charge in [-0.25, -0.2) is 0 Å². The number of anilines is 1. The molecule has 1 heterocycles. The lowest BCUT2D eigenvalue weighted by Gasteiger charge is -2.34. The third kappa shape index (κ3) is 2.74. The minimum atomic E-state index is 0.702. The van der Waals surface area contributed by atoms with Gasteiger partial charge >= 0.3 is 0 Å². The van der Waals surface area contributed by atoms with E-state index in [-0.39, 0.29) is 0 Å². The summed E-state index contributed by atoms with van der Waals surface area (Å²) in [5.74, 6) is 0.702. The van der Waals surface area contributed by atoms with E-state index in [9.17, 15) is 0 Å². The lowest BCUT2D eigenvalue weighted by Crippen LogP contribution is -2.32. The quantitative estimate of drug-likeness (QED) is 0.831. The highest BCUT2D eigenvalue weighted by Crippen LogP contribution is 2.30. The zero-order valence-corrected chi connectivity index (χ0v) is 11.6. The Morgan fingerprint density at radius 1 is 0.900 bits per heavy atom. The highest BCUT2D eigenvalue weighted by molar-refractivity contribution is 5.77. The number of hydrogen-bond acceptors (Lipinski definition) is 2. The molecular formula is C18H20N2. The summed E-state index contributed by atoms with van der Waals surface area (Å²) in [5, 5.41) is 7.24. The van der Waals surface area contributed by atoms with Crippen LogP contribution in [0.2, 0.25) is 0 Å². The average molecular weight is 264 g/mol. The fourth-order valence-corrected chi connectivity index (χ4v) is 2.98. The molecule has 2 aromatic rings. The predicted molar refractivity (Wildman–Crippen MR) is 85.0 cm³/mol. The van der Waals surface area contributed by atoms with E-state index in [0.717, 1.165) is 18.7 Å². The van der Waals surface area contributed by atoms with Gasteiger partial charge in [0.25, 0.3) is 0 Å². The van der Waals surface area contributed by atoms with Crippen LogP contribution in [0.3, 0.4) is 0 Å². The van der Waals surface area contributed by atoms with E-state index in [1.165, 1.54) is 30.3 Å². The first-order valence-electron chi connectivity index (χ1n) is 7.27. The first kappa shape index (κ1) is 12.9. The van der Waals surface area contributed by atoms with Crippen molar-refractivity contribution in [1.82, 2.24) is 0 Å². The maximum atomic E-state index is 7.24. The minimum Gasteiger partial charge on any atom is -0.371 e. The van der Waals surface area contributed by atoms with Crippen molar-refractivity contribution in [2.24, 2.45) is 0 Å². The molecule has 1 fully saturated rings. The van der Waals surface area contributed by atoms with Crippen LogP contribution in [0.15, 0.2) is 54.6 Å². The van der Waals surface area contributed by atoms with Gasteiger partial charge in [-0.3, -0.25) is 0 Å². The van der Waals surface area contributed by atoms with E-state index >= 15 is 0 Å². The maximum absolute atomic E-state index is 7.24. The van der Waals surface area contributed by atoms with Crippen molar-refractivity contribution in [3.8, 4) is 0 Å². The van der Waals surface area contributed by atoms with Gasteiger partial charge in [0.1, 0.15) is 0 Å². The van der Waals surface area contributed by atoms with Gasteiger partial charge in [-0.1, -0.05) is 42.5 Å². The molecule has 20 heavy (non-hydrogen) atoms. The molecule has 0 atom stereocenters. The number of hydrogen-bond donors (Lipinski definition) is 1. The summed E-state index contributed by atoms with van der Waals surface area (Å²) in [7, 11) is 0. The third-order valence-electron chi connectivity index (χ3n) is 4.19. The molecule has 0 amide bonds. The Balaban J connectivity index is 1.64. The van der Waals surface area contributed by atoms with Gasteiger partial charge in [0.05, 0.1) is 0 Å². The van der Waals surface area contributed by atoms with Gasteiger partial charge < -0.3 is 10.3 Å². The summed E-state index contributed by atoms with van der Waals surface area (Å²) in [6, 6.07) is 19.2. The Hall–Kier alpha value is -2.09. The van der Waals surface area contributed by atoms with Crippen molar-refractivity contribution in [1.29, 1.82) is 5.41 Å². The highest BCUT2D eigenvalue weighted by atomic mass is 15.1. The van der Waals surface area contributed by atoms with Crippen LogP contribution in [-0.4, -0.2) is 19.3 Å². The Kier molecular flexibility index (Phi) is 3.82. The molecule has 102 valence electrons. The molecule has 0 spiro atoms. The number of nitrogens with one attached hydrogen (secondary N) is 1. The van der Waals surface area contributed by atoms with E-state index in [1.807, 2.05) is 12.1 Å². The molecule has 0 radical (unpaired) electrons. The molecule has 0 unspecified atom stereocenters. The molecule has 0 bridgehead atoms. The molecule has 1 saturated heterocycles. The van der Waals surface area contributed by atoms with Crippen molar-refractivity contribution in [3.63, 3.8) is 0 Å². The average Bonchev–Trinajstić information content (AvgIpc) is 2.56. The Morgan fingerprint density at radius 2 is 1.55 bits per heavy atom. The van der Waals surface area contributed by atoms with Crippen molar-refractivity contribution in [2.45, 2.75) is 18.8 Å². The standard InChI is InChI=1S/C18H20N2/c19-14-15-6-8-18(9-7-15)20-12-10-17(11-13-20)16-4-2-1-3-5-16/h1-9,14,17,19H,10-13H2. The zero-order chi connectivity index (χ0) is 13.8. The summed E-state index contributed by atoms with van der Waals surface area (Å²) >= 11 is 0. The lowest BCUT2D eigenvalue weighted by molar-refractivity contribution is 0.505. The molecule has 2 nitrogen and oxygen atoms in total. The molecule has 2 aromatic carbocycles. The normalized spacial score (nSPS) is 16.1. The number of nitrogens with zero attached hydrogens (tertiary/aromatic N) is 1. The molecule has 1 N–H and O–H groups in total. The molecule has 0 aromatic heterocycles. The smallest absolute Gasteiger partial charge is 0.0366 e. The largest absolute Gasteiger partial charge is 0.371 e. The first-order chi connectivity index (χ1) is 9.86. The summed E-state index contributed by atoms with van der Waals surface area (Å²) in [6.07, 6.45) is 3.83. The van der Waals surface area contributed by atoms with Crippen molar-refractivity contribution in [2.75, 3.05) is 18.0 Å². The van der Waals surface area contributed by atoms with Gasteiger partial charge in [-0.05, 0) is 42.0 Å². The second kappa shape index (κ2) is 5.91. The van der Waals surface area contributed by atoms with Crippen LogP contribution in [0.1, 0.15) is 29.9 Å². The van der Waals surface area contributed by atoms with E-state index in [4.69, 9.17) is 5.41 Å². The molecule has 0 saturated carbocycles. The fraction of sp³-hybridized carbons (Fsp3) is 0.278. The predicted octanol–water partition coefficient (Wildman–Crippen LogP) is 4.07. The number of benzene rings is 2. The number of rotatable bonds is 3. The van der Waals surface area contributed by atoms with Crippen molar-refractivity contribution >= 4 is 11.9 Å². The lowest BCUT2D eigenvalue weighted by atomic mass is 9.89. The van der Waals surface area contributed by atoms with Crippen LogP contribution in [0.4, 0.5) is 5.69 Å². The van der Waals surface area contributed by atoms with Gasteiger partial charge in [-0.2, -0.15) is 0 Å². The fourth-order valence-electron chi connectivity index (χ4n) is 2.98. The Labute approximate surface area is 120 Å². The van der Waals surface area contributed by atoms with Gasteiger partial charge in [0, 0.05) is 25.0 Å². The molecular weight excluding hydrogens is 244 g/mol. The molecule has 0 aliphatic carbocycles. The van der Waals surface area contributed by atoms with Crippen molar-refractivity contribution < 1.29 is 0 Å². The van der Waals surface area contributed by atoms with Crippen LogP contribution >= 0.6 is 0 Å². The topological polar surface area (TPSA) is 27.1 Å². The highest BCUT2D eigenvalue weighted by Gasteiger charge is 2.20. The third-order valence-corrected chi connectivity index (χ3v) is 4.19. The Morgan fingerprint density at radius 3 is 2.15 bits per heavy atom. The van der Waals surface area contributed by atoms with E-state index in [2.05, 4.69) is 47.4 Å². The van der Waals surface area contributed by atoms with Gasteiger partial charge in [0.2, 0.25) is 0 Å². The van der Waals surface area contributed by atoms with Crippen LogP contribution < -0.4 is 4.90 Å². The summed E-state index contributed by atoms with van der Waals surface area (Å²) in [6.45, 7) is 2.23. The van der Waals surface area contributed by atoms with Crippen LogP contribution in [0, 0.1) is 5.41 Å². The summed E-state index contributed by atoms with van der Waals surface area (Å²) < 4.78 is 0. The SMILES string of the molecule is N=Cc1ccc(N2CCC(c3ccccc3)CC2)cc1. The zero-order valence-electron chi connectivity index (χ0n) is 11.6. The molecule has 1 aliphatic heterocycles. The number of piperidine rings is 1. The molecule has 1 aliphatic rings.